The Labute approximate surface area is 282 Å². The number of methoxy groups -OCH3 is 1. The van der Waals surface area contributed by atoms with Crippen LogP contribution < -0.4 is 19.7 Å². The highest BCUT2D eigenvalue weighted by atomic mass is 28.3. The van der Waals surface area contributed by atoms with Crippen molar-refractivity contribution in [2.75, 3.05) is 30.1 Å². The van der Waals surface area contributed by atoms with Crippen molar-refractivity contribution in [1.82, 2.24) is 15.0 Å². The SMILES string of the molecule is COc1ccc([Si](C)(C)[C@H]2[C@H](CCn3cc(CCO)nn3)O[C@@]3(C(=O)N(c4ccccc4)c4ccc(N5CCCC5=O)cc43)[C@@H]2C)cc1. The zero-order valence-corrected chi connectivity index (χ0v) is 29.0. The van der Waals surface area contributed by atoms with Crippen LogP contribution in [0.5, 0.6) is 5.75 Å². The summed E-state index contributed by atoms with van der Waals surface area (Å²) in [6, 6.07) is 24.1. The van der Waals surface area contributed by atoms with Crippen molar-refractivity contribution in [2.24, 2.45) is 5.92 Å². The van der Waals surface area contributed by atoms with Crippen LogP contribution in [0.15, 0.2) is 79.0 Å². The number of benzene rings is 3. The van der Waals surface area contributed by atoms with Crippen LogP contribution in [0.4, 0.5) is 17.1 Å². The van der Waals surface area contributed by atoms with Crippen molar-refractivity contribution < 1.29 is 24.2 Å². The quantitative estimate of drug-likeness (QED) is 0.239. The minimum absolute atomic E-state index is 0.0125. The molecule has 2 amide bonds. The van der Waals surface area contributed by atoms with Gasteiger partial charge < -0.3 is 19.5 Å². The monoisotopic (exact) mass is 665 g/mol. The van der Waals surface area contributed by atoms with E-state index in [4.69, 9.17) is 9.47 Å². The normalized spacial score (nSPS) is 23.8. The van der Waals surface area contributed by atoms with E-state index in [-0.39, 0.29) is 36.0 Å². The summed E-state index contributed by atoms with van der Waals surface area (Å²) in [6.07, 6.45) is 4.03. The number of nitrogens with zero attached hydrogens (tertiary/aromatic N) is 5. The van der Waals surface area contributed by atoms with Gasteiger partial charge >= 0.3 is 0 Å². The molecular weight excluding hydrogens is 623 g/mol. The number of aliphatic hydroxyl groups excluding tert-OH is 1. The number of ether oxygens (including phenoxy) is 2. The molecule has 2 saturated heterocycles. The third-order valence-electron chi connectivity index (χ3n) is 10.7. The number of aromatic nitrogens is 3. The topological polar surface area (TPSA) is 110 Å². The maximum atomic E-state index is 15.1. The number of fused-ring (bicyclic) bond motifs is 2. The van der Waals surface area contributed by atoms with Crippen LogP contribution >= 0.6 is 0 Å². The largest absolute Gasteiger partial charge is 0.497 e. The number of aryl methyl sites for hydroxylation is 1. The molecule has 1 spiro atoms. The van der Waals surface area contributed by atoms with Crippen LogP contribution in [0.1, 0.15) is 37.4 Å². The van der Waals surface area contributed by atoms with Crippen molar-refractivity contribution in [3.8, 4) is 5.75 Å². The molecule has 1 aromatic heterocycles. The van der Waals surface area contributed by atoms with E-state index in [2.05, 4.69) is 42.5 Å². The number of hydrogen-bond donors (Lipinski definition) is 1. The Morgan fingerprint density at radius 1 is 1.04 bits per heavy atom. The predicted octanol–water partition coefficient (Wildman–Crippen LogP) is 4.93. The Morgan fingerprint density at radius 3 is 2.50 bits per heavy atom. The first kappa shape index (κ1) is 32.2. The number of aliphatic hydroxyl groups is 1. The molecule has 4 atom stereocenters. The number of anilines is 3. The van der Waals surface area contributed by atoms with E-state index in [0.717, 1.165) is 40.5 Å². The van der Waals surface area contributed by atoms with Gasteiger partial charge in [0.1, 0.15) is 5.75 Å². The molecule has 4 aromatic rings. The average molecular weight is 666 g/mol. The fourth-order valence-corrected chi connectivity index (χ4v) is 12.4. The summed E-state index contributed by atoms with van der Waals surface area (Å²) >= 11 is 0. The lowest BCUT2D eigenvalue weighted by Gasteiger charge is -2.37. The molecule has 7 rings (SSSR count). The maximum absolute atomic E-state index is 15.1. The number of rotatable bonds is 10. The summed E-state index contributed by atoms with van der Waals surface area (Å²) in [7, 11) is -0.671. The van der Waals surface area contributed by atoms with E-state index < -0.39 is 13.7 Å². The van der Waals surface area contributed by atoms with Crippen LogP contribution in [-0.4, -0.2) is 66.4 Å². The second kappa shape index (κ2) is 12.6. The molecule has 0 aliphatic carbocycles. The molecule has 11 heteroatoms. The second-order valence-electron chi connectivity index (χ2n) is 13.7. The van der Waals surface area contributed by atoms with Crippen LogP contribution in [0.2, 0.25) is 18.6 Å². The van der Waals surface area contributed by atoms with E-state index in [1.54, 1.807) is 16.7 Å². The standard InChI is InChI=1S/C37H43N5O5Si/c1-25-35(48(3,4)30-15-13-29(46-2)14-16-30)33(18-21-40-24-26(19-22-43)38-39-40)47-37(25)31-23-28(41-20-8-11-34(41)44)12-17-32(31)42(36(37)45)27-9-6-5-7-10-27/h5-7,9-10,12-17,23-25,33,35,43H,8,11,18-22H2,1-4H3/t25-,33+,35-,37+/m1/s1. The number of carbonyl (C=O) groups is 2. The van der Waals surface area contributed by atoms with Gasteiger partial charge in [-0.1, -0.05) is 60.7 Å². The van der Waals surface area contributed by atoms with Gasteiger partial charge in [-0.15, -0.1) is 5.10 Å². The maximum Gasteiger partial charge on any atom is 0.268 e. The van der Waals surface area contributed by atoms with Gasteiger partial charge in [-0.2, -0.15) is 0 Å². The number of amides is 2. The Hall–Kier alpha value is -4.32. The molecule has 2 fully saturated rings. The molecule has 0 saturated carbocycles. The number of para-hydroxylation sites is 1. The molecule has 250 valence electrons. The zero-order valence-electron chi connectivity index (χ0n) is 28.0. The van der Waals surface area contributed by atoms with Gasteiger partial charge in [0.05, 0.1) is 32.7 Å². The summed E-state index contributed by atoms with van der Waals surface area (Å²) < 4.78 is 14.6. The molecule has 3 aliphatic heterocycles. The van der Waals surface area contributed by atoms with Crippen molar-refractivity contribution in [2.45, 2.75) is 69.5 Å². The van der Waals surface area contributed by atoms with Crippen LogP contribution in [0, 0.1) is 5.92 Å². The van der Waals surface area contributed by atoms with Gasteiger partial charge in [-0.3, -0.25) is 19.2 Å². The molecule has 10 nitrogen and oxygen atoms in total. The van der Waals surface area contributed by atoms with Gasteiger partial charge in [0.25, 0.3) is 5.91 Å². The minimum atomic E-state index is -2.34. The highest BCUT2D eigenvalue weighted by molar-refractivity contribution is 6.91. The Morgan fingerprint density at radius 2 is 1.81 bits per heavy atom. The zero-order chi connectivity index (χ0) is 33.6. The summed E-state index contributed by atoms with van der Waals surface area (Å²) in [6.45, 7) is 8.15. The first-order chi connectivity index (χ1) is 23.2. The smallest absolute Gasteiger partial charge is 0.268 e. The summed E-state index contributed by atoms with van der Waals surface area (Å²) in [5.41, 5.74) is 2.74. The third-order valence-corrected chi connectivity index (χ3v) is 15.1. The molecule has 0 unspecified atom stereocenters. The first-order valence-electron chi connectivity index (χ1n) is 16.9. The van der Waals surface area contributed by atoms with Crippen molar-refractivity contribution in [3.63, 3.8) is 0 Å². The third kappa shape index (κ3) is 5.24. The predicted molar refractivity (Wildman–Crippen MR) is 187 cm³/mol. The molecule has 0 radical (unpaired) electrons. The van der Waals surface area contributed by atoms with Crippen LogP contribution in [-0.2, 0) is 32.9 Å². The summed E-state index contributed by atoms with van der Waals surface area (Å²) in [5.74, 6) is 0.626. The summed E-state index contributed by atoms with van der Waals surface area (Å²) in [4.78, 5) is 31.7. The van der Waals surface area contributed by atoms with E-state index in [0.29, 0.717) is 32.4 Å². The van der Waals surface area contributed by atoms with E-state index in [1.165, 1.54) is 5.19 Å². The van der Waals surface area contributed by atoms with Gasteiger partial charge in [0, 0.05) is 61.6 Å². The van der Waals surface area contributed by atoms with Gasteiger partial charge in [0.2, 0.25) is 5.91 Å². The Balaban J connectivity index is 1.35. The lowest BCUT2D eigenvalue weighted by Crippen LogP contribution is -2.51. The Bertz CT molecular complexity index is 1810. The molecule has 48 heavy (non-hydrogen) atoms. The molecule has 3 aliphatic rings. The van der Waals surface area contributed by atoms with Crippen LogP contribution in [0.3, 0.4) is 0 Å². The fraction of sp³-hybridized carbons (Fsp3) is 0.405. The van der Waals surface area contributed by atoms with Crippen molar-refractivity contribution >= 4 is 42.1 Å². The highest BCUT2D eigenvalue weighted by Gasteiger charge is 2.66. The van der Waals surface area contributed by atoms with Gasteiger partial charge in [-0.05, 0) is 60.8 Å². The minimum Gasteiger partial charge on any atom is -0.497 e. The molecule has 4 heterocycles. The number of hydrogen-bond acceptors (Lipinski definition) is 7. The average Bonchev–Trinajstić information content (AvgIpc) is 3.86. The van der Waals surface area contributed by atoms with E-state index in [1.807, 2.05) is 71.8 Å². The van der Waals surface area contributed by atoms with Gasteiger partial charge in [0.15, 0.2) is 5.60 Å². The lowest BCUT2D eigenvalue weighted by molar-refractivity contribution is -0.145. The molecule has 0 bridgehead atoms. The summed E-state index contributed by atoms with van der Waals surface area (Å²) in [5, 5.41) is 19.2. The lowest BCUT2D eigenvalue weighted by atomic mass is 9.82. The van der Waals surface area contributed by atoms with E-state index >= 15 is 4.79 Å². The molecule has 1 N–H and O–H groups in total. The van der Waals surface area contributed by atoms with Gasteiger partial charge in [-0.25, -0.2) is 0 Å². The van der Waals surface area contributed by atoms with Crippen LogP contribution in [0.25, 0.3) is 0 Å². The second-order valence-corrected chi connectivity index (χ2v) is 18.4. The number of carbonyl (C=O) groups excluding carboxylic acids is 2. The fourth-order valence-electron chi connectivity index (χ4n) is 8.36. The molecular formula is C37H43N5O5Si. The van der Waals surface area contributed by atoms with Crippen molar-refractivity contribution in [3.05, 3.63) is 90.3 Å². The highest BCUT2D eigenvalue weighted by Crippen LogP contribution is 2.61. The van der Waals surface area contributed by atoms with Crippen molar-refractivity contribution in [1.29, 1.82) is 0 Å². The first-order valence-corrected chi connectivity index (χ1v) is 19.9. The Kier molecular flexibility index (Phi) is 8.47. The van der Waals surface area contributed by atoms with E-state index in [9.17, 15) is 9.90 Å². The molecule has 3 aromatic carbocycles.